The molecule has 1 aromatic carbocycles. The number of benzene rings is 1. The van der Waals surface area contributed by atoms with Crippen molar-refractivity contribution in [2.24, 2.45) is 5.92 Å². The molecule has 2 aliphatic rings. The first-order valence-corrected chi connectivity index (χ1v) is 11.2. The van der Waals surface area contributed by atoms with Crippen LogP contribution in [0.2, 0.25) is 0 Å². The third-order valence-corrected chi connectivity index (χ3v) is 7.15. The Labute approximate surface area is 179 Å². The summed E-state index contributed by atoms with van der Waals surface area (Å²) in [7, 11) is 0. The number of carbonyl (C=O) groups excluding carboxylic acids is 1. The van der Waals surface area contributed by atoms with Gasteiger partial charge in [-0.1, -0.05) is 6.92 Å². The number of fused-ring (bicyclic) bond motifs is 1. The average Bonchev–Trinajstić information content (AvgIpc) is 3.09. The number of nitrogens with zero attached hydrogens (tertiary/aromatic N) is 3. The van der Waals surface area contributed by atoms with Crippen LogP contribution >= 0.6 is 11.3 Å². The standard InChI is InChI=1S/C22H24N4O3S/c1-14-5-7-16-17(13-23)22(30-20(16)11-14)24-21(27)15-6-8-18(19(12-15)26(28)29)25-9-3-2-4-10-25/h6,8,12,14H,2-5,7,9-11H2,1H3,(H,24,27). The largest absolute Gasteiger partial charge is 0.366 e. The van der Waals surface area contributed by atoms with Gasteiger partial charge in [-0.15, -0.1) is 11.3 Å². The van der Waals surface area contributed by atoms with Gasteiger partial charge in [-0.3, -0.25) is 14.9 Å². The second kappa shape index (κ2) is 8.44. The molecule has 1 aliphatic heterocycles. The number of amides is 1. The molecule has 1 atom stereocenters. The lowest BCUT2D eigenvalue weighted by Crippen LogP contribution is -2.30. The van der Waals surface area contributed by atoms with Crippen molar-refractivity contribution in [2.45, 2.75) is 45.4 Å². The van der Waals surface area contributed by atoms with Crippen molar-refractivity contribution in [1.82, 2.24) is 0 Å². The number of hydrogen-bond donors (Lipinski definition) is 1. The summed E-state index contributed by atoms with van der Waals surface area (Å²) in [5, 5.41) is 24.7. The van der Waals surface area contributed by atoms with Crippen molar-refractivity contribution in [2.75, 3.05) is 23.3 Å². The molecule has 1 fully saturated rings. The Morgan fingerprint density at radius 2 is 2.10 bits per heavy atom. The molecular formula is C22H24N4O3S. The van der Waals surface area contributed by atoms with E-state index in [0.717, 1.165) is 62.1 Å². The fraction of sp³-hybridized carbons (Fsp3) is 0.455. The highest BCUT2D eigenvalue weighted by atomic mass is 32.1. The lowest BCUT2D eigenvalue weighted by Gasteiger charge is -2.28. The number of anilines is 2. The van der Waals surface area contributed by atoms with E-state index < -0.39 is 10.8 Å². The van der Waals surface area contributed by atoms with E-state index in [1.54, 1.807) is 12.1 Å². The molecule has 1 aromatic heterocycles. The summed E-state index contributed by atoms with van der Waals surface area (Å²) in [5.74, 6) is 0.141. The number of carbonyl (C=O) groups is 1. The van der Waals surface area contributed by atoms with Gasteiger partial charge >= 0.3 is 0 Å². The van der Waals surface area contributed by atoms with Crippen LogP contribution < -0.4 is 10.2 Å². The van der Waals surface area contributed by atoms with E-state index in [-0.39, 0.29) is 11.3 Å². The van der Waals surface area contributed by atoms with Gasteiger partial charge in [-0.2, -0.15) is 5.26 Å². The molecule has 0 bridgehead atoms. The smallest absolute Gasteiger partial charge is 0.293 e. The molecule has 30 heavy (non-hydrogen) atoms. The third-order valence-electron chi connectivity index (χ3n) is 5.98. The van der Waals surface area contributed by atoms with Gasteiger partial charge in [-0.25, -0.2) is 0 Å². The van der Waals surface area contributed by atoms with E-state index in [9.17, 15) is 20.2 Å². The first-order valence-electron chi connectivity index (χ1n) is 10.4. The van der Waals surface area contributed by atoms with Crippen molar-refractivity contribution in [3.63, 3.8) is 0 Å². The van der Waals surface area contributed by atoms with Crippen LogP contribution in [0.5, 0.6) is 0 Å². The summed E-state index contributed by atoms with van der Waals surface area (Å²) in [6.07, 6.45) is 5.96. The summed E-state index contributed by atoms with van der Waals surface area (Å²) >= 11 is 1.45. The molecule has 7 nitrogen and oxygen atoms in total. The number of hydrogen-bond acceptors (Lipinski definition) is 6. The lowest BCUT2D eigenvalue weighted by molar-refractivity contribution is -0.384. The third kappa shape index (κ3) is 3.90. The van der Waals surface area contributed by atoms with Gasteiger partial charge in [0.15, 0.2) is 0 Å². The van der Waals surface area contributed by atoms with Gasteiger partial charge in [-0.05, 0) is 62.1 Å². The summed E-state index contributed by atoms with van der Waals surface area (Å²) in [6.45, 7) is 3.77. The Bertz CT molecular complexity index is 1030. The zero-order valence-electron chi connectivity index (χ0n) is 16.9. The summed E-state index contributed by atoms with van der Waals surface area (Å²) in [4.78, 5) is 27.3. The van der Waals surface area contributed by atoms with E-state index >= 15 is 0 Å². The second-order valence-corrected chi connectivity index (χ2v) is 9.24. The van der Waals surface area contributed by atoms with Crippen molar-refractivity contribution in [3.05, 3.63) is 49.9 Å². The average molecular weight is 425 g/mol. The molecule has 2 aromatic rings. The van der Waals surface area contributed by atoms with Gasteiger partial charge in [0.1, 0.15) is 16.8 Å². The van der Waals surface area contributed by atoms with Crippen LogP contribution in [0, 0.1) is 27.4 Å². The van der Waals surface area contributed by atoms with Gasteiger partial charge in [0, 0.05) is 29.6 Å². The van der Waals surface area contributed by atoms with E-state index in [4.69, 9.17) is 0 Å². The lowest BCUT2D eigenvalue weighted by atomic mass is 9.88. The van der Waals surface area contributed by atoms with Gasteiger partial charge < -0.3 is 10.2 Å². The Morgan fingerprint density at radius 1 is 1.33 bits per heavy atom. The quantitative estimate of drug-likeness (QED) is 0.556. The fourth-order valence-corrected chi connectivity index (χ4v) is 5.70. The summed E-state index contributed by atoms with van der Waals surface area (Å²) in [6, 6.07) is 6.89. The number of thiophene rings is 1. The zero-order valence-corrected chi connectivity index (χ0v) is 17.8. The molecule has 1 unspecified atom stereocenters. The molecule has 2 heterocycles. The van der Waals surface area contributed by atoms with Crippen LogP contribution in [-0.4, -0.2) is 23.9 Å². The van der Waals surface area contributed by atoms with Crippen LogP contribution in [-0.2, 0) is 12.8 Å². The molecule has 1 amide bonds. The number of piperidine rings is 1. The highest BCUT2D eigenvalue weighted by molar-refractivity contribution is 7.16. The molecule has 0 radical (unpaired) electrons. The summed E-state index contributed by atoms with van der Waals surface area (Å²) in [5.41, 5.74) is 2.32. The van der Waals surface area contributed by atoms with E-state index in [0.29, 0.717) is 22.2 Å². The van der Waals surface area contributed by atoms with Crippen LogP contribution in [0.4, 0.5) is 16.4 Å². The number of nitrogens with one attached hydrogen (secondary N) is 1. The SMILES string of the molecule is CC1CCc2c(sc(NC(=O)c3ccc(N4CCCCC4)c([N+](=O)[O-])c3)c2C#N)C1. The minimum atomic E-state index is -0.425. The molecule has 1 saturated heterocycles. The Hall–Kier alpha value is -2.92. The Kier molecular flexibility index (Phi) is 5.73. The van der Waals surface area contributed by atoms with Crippen LogP contribution in [0.25, 0.3) is 0 Å². The number of rotatable bonds is 4. The molecular weight excluding hydrogens is 400 g/mol. The van der Waals surface area contributed by atoms with E-state index in [2.05, 4.69) is 18.3 Å². The topological polar surface area (TPSA) is 99.3 Å². The predicted octanol–water partition coefficient (Wildman–Crippen LogP) is 4.90. The second-order valence-electron chi connectivity index (χ2n) is 8.13. The Morgan fingerprint density at radius 3 is 2.80 bits per heavy atom. The van der Waals surface area contributed by atoms with Gasteiger partial charge in [0.05, 0.1) is 10.5 Å². The highest BCUT2D eigenvalue weighted by Gasteiger charge is 2.26. The minimum absolute atomic E-state index is 0.0515. The molecule has 0 spiro atoms. The molecule has 1 aliphatic carbocycles. The normalized spacial score (nSPS) is 18.4. The molecule has 8 heteroatoms. The fourth-order valence-electron chi connectivity index (χ4n) is 4.35. The van der Waals surface area contributed by atoms with Crippen molar-refractivity contribution in [3.8, 4) is 6.07 Å². The zero-order chi connectivity index (χ0) is 21.3. The maximum Gasteiger partial charge on any atom is 0.293 e. The first-order chi connectivity index (χ1) is 14.5. The predicted molar refractivity (Wildman–Crippen MR) is 117 cm³/mol. The minimum Gasteiger partial charge on any atom is -0.366 e. The van der Waals surface area contributed by atoms with E-state index in [1.807, 2.05) is 4.90 Å². The van der Waals surface area contributed by atoms with E-state index in [1.165, 1.54) is 17.4 Å². The highest BCUT2D eigenvalue weighted by Crippen LogP contribution is 2.39. The first kappa shape index (κ1) is 20.4. The van der Waals surface area contributed by atoms with Gasteiger partial charge in [0.25, 0.3) is 11.6 Å². The van der Waals surface area contributed by atoms with Crippen LogP contribution in [0.15, 0.2) is 18.2 Å². The summed E-state index contributed by atoms with van der Waals surface area (Å²) < 4.78 is 0. The number of nitro benzene ring substituents is 1. The molecule has 4 rings (SSSR count). The molecule has 0 saturated carbocycles. The van der Waals surface area contributed by atoms with Crippen LogP contribution in [0.3, 0.4) is 0 Å². The van der Waals surface area contributed by atoms with Crippen molar-refractivity contribution < 1.29 is 9.72 Å². The van der Waals surface area contributed by atoms with Crippen molar-refractivity contribution >= 4 is 33.6 Å². The molecule has 1 N–H and O–H groups in total. The van der Waals surface area contributed by atoms with Crippen molar-refractivity contribution in [1.29, 1.82) is 5.26 Å². The van der Waals surface area contributed by atoms with Gasteiger partial charge in [0.2, 0.25) is 0 Å². The van der Waals surface area contributed by atoms with Crippen LogP contribution in [0.1, 0.15) is 59.0 Å². The molecule has 156 valence electrons. The maximum atomic E-state index is 12.9. The number of nitriles is 1. The monoisotopic (exact) mass is 424 g/mol. The maximum absolute atomic E-state index is 12.9. The Balaban J connectivity index is 1.60. The number of nitro groups is 1.